The lowest BCUT2D eigenvalue weighted by Gasteiger charge is -2.14. The Balaban J connectivity index is 1.99. The van der Waals surface area contributed by atoms with Gasteiger partial charge in [0, 0.05) is 18.4 Å². The van der Waals surface area contributed by atoms with Crippen molar-refractivity contribution in [3.8, 4) is 0 Å². The van der Waals surface area contributed by atoms with Crippen LogP contribution in [0.4, 0.5) is 0 Å². The van der Waals surface area contributed by atoms with Crippen LogP contribution in [0.1, 0.15) is 24.1 Å². The molecule has 0 saturated heterocycles. The molecule has 0 aliphatic rings. The summed E-state index contributed by atoms with van der Waals surface area (Å²) in [6.07, 6.45) is 6.01. The van der Waals surface area contributed by atoms with Crippen molar-refractivity contribution in [3.05, 3.63) is 57.7 Å². The van der Waals surface area contributed by atoms with E-state index in [4.69, 9.17) is 0 Å². The molecule has 0 N–H and O–H groups in total. The van der Waals surface area contributed by atoms with Gasteiger partial charge in [-0.05, 0) is 42.8 Å². The third-order valence-corrected chi connectivity index (χ3v) is 4.44. The Labute approximate surface area is 120 Å². The highest BCUT2D eigenvalue weighted by atomic mass is 32.1. The normalized spacial score (nSPS) is 12.7. The Kier molecular flexibility index (Phi) is 3.36. The Morgan fingerprint density at radius 1 is 1.45 bits per heavy atom. The van der Waals surface area contributed by atoms with Gasteiger partial charge in [0.15, 0.2) is 0 Å². The third-order valence-electron chi connectivity index (χ3n) is 3.43. The zero-order valence-corrected chi connectivity index (χ0v) is 12.2. The van der Waals surface area contributed by atoms with Crippen molar-refractivity contribution in [2.45, 2.75) is 26.3 Å². The SMILES string of the molecule is Cc1csc2ncn([C@H](C)Cc3cccnc3)c(=O)c12. The van der Waals surface area contributed by atoms with Crippen molar-refractivity contribution >= 4 is 21.6 Å². The molecular formula is C15H15N3OS. The second kappa shape index (κ2) is 5.17. The van der Waals surface area contributed by atoms with E-state index in [2.05, 4.69) is 9.97 Å². The first-order valence-corrected chi connectivity index (χ1v) is 7.38. The van der Waals surface area contributed by atoms with Crippen LogP contribution in [0.2, 0.25) is 0 Å². The molecule has 0 aromatic carbocycles. The molecule has 5 heteroatoms. The van der Waals surface area contributed by atoms with E-state index >= 15 is 0 Å². The van der Waals surface area contributed by atoms with Gasteiger partial charge in [0.25, 0.3) is 5.56 Å². The van der Waals surface area contributed by atoms with Crippen LogP contribution < -0.4 is 5.56 Å². The van der Waals surface area contributed by atoms with Crippen LogP contribution in [0.5, 0.6) is 0 Å². The molecule has 0 unspecified atom stereocenters. The number of aromatic nitrogens is 3. The van der Waals surface area contributed by atoms with Crippen LogP contribution in [-0.2, 0) is 6.42 Å². The highest BCUT2D eigenvalue weighted by Crippen LogP contribution is 2.20. The van der Waals surface area contributed by atoms with E-state index in [1.165, 1.54) is 11.3 Å². The molecule has 3 aromatic heterocycles. The first kappa shape index (κ1) is 13.0. The first-order chi connectivity index (χ1) is 9.66. The van der Waals surface area contributed by atoms with Crippen LogP contribution in [-0.4, -0.2) is 14.5 Å². The van der Waals surface area contributed by atoms with Crippen molar-refractivity contribution in [2.75, 3.05) is 0 Å². The summed E-state index contributed by atoms with van der Waals surface area (Å²) in [5.41, 5.74) is 2.17. The second-order valence-corrected chi connectivity index (χ2v) is 5.83. The maximum absolute atomic E-state index is 12.6. The Hall–Kier alpha value is -2.01. The average Bonchev–Trinajstić information content (AvgIpc) is 2.82. The number of pyridine rings is 1. The molecule has 0 aliphatic carbocycles. The lowest BCUT2D eigenvalue weighted by Crippen LogP contribution is -2.24. The summed E-state index contributed by atoms with van der Waals surface area (Å²) in [4.78, 5) is 21.9. The molecule has 0 spiro atoms. The molecule has 4 nitrogen and oxygen atoms in total. The highest BCUT2D eigenvalue weighted by molar-refractivity contribution is 7.16. The zero-order chi connectivity index (χ0) is 14.1. The molecule has 3 heterocycles. The summed E-state index contributed by atoms with van der Waals surface area (Å²) in [5, 5.41) is 2.73. The number of rotatable bonds is 3. The standard InChI is InChI=1S/C15H15N3OS/c1-10-8-20-14-13(10)15(19)18(9-17-14)11(2)6-12-4-3-5-16-7-12/h3-5,7-9,11H,6H2,1-2H3/t11-/m1/s1. The van der Waals surface area contributed by atoms with Crippen LogP contribution in [0.25, 0.3) is 10.2 Å². The summed E-state index contributed by atoms with van der Waals surface area (Å²) in [6.45, 7) is 3.99. The maximum atomic E-state index is 12.6. The molecule has 0 aliphatic heterocycles. The molecule has 0 bridgehead atoms. The van der Waals surface area contributed by atoms with Gasteiger partial charge in [-0.3, -0.25) is 14.3 Å². The molecule has 0 fully saturated rings. The average molecular weight is 285 g/mol. The fraction of sp³-hybridized carbons (Fsp3) is 0.267. The van der Waals surface area contributed by atoms with E-state index in [0.717, 1.165) is 27.8 Å². The van der Waals surface area contributed by atoms with Gasteiger partial charge >= 0.3 is 0 Å². The number of fused-ring (bicyclic) bond motifs is 1. The van der Waals surface area contributed by atoms with E-state index in [9.17, 15) is 4.79 Å². The fourth-order valence-electron chi connectivity index (χ4n) is 2.35. The second-order valence-electron chi connectivity index (χ2n) is 4.97. The van der Waals surface area contributed by atoms with Gasteiger partial charge in [0.1, 0.15) is 4.83 Å². The van der Waals surface area contributed by atoms with Crippen molar-refractivity contribution in [1.29, 1.82) is 0 Å². The van der Waals surface area contributed by atoms with Crippen molar-refractivity contribution in [2.24, 2.45) is 0 Å². The summed E-state index contributed by atoms with van der Waals surface area (Å²) in [6, 6.07) is 3.99. The predicted octanol–water partition coefficient (Wildman–Crippen LogP) is 2.97. The minimum Gasteiger partial charge on any atom is -0.295 e. The minimum atomic E-state index is 0.0464. The van der Waals surface area contributed by atoms with Gasteiger partial charge in [0.05, 0.1) is 11.7 Å². The Morgan fingerprint density at radius 3 is 3.05 bits per heavy atom. The van der Waals surface area contributed by atoms with Gasteiger partial charge in [-0.1, -0.05) is 6.07 Å². The van der Waals surface area contributed by atoms with Crippen molar-refractivity contribution in [1.82, 2.24) is 14.5 Å². The van der Waals surface area contributed by atoms with Gasteiger partial charge in [-0.15, -0.1) is 11.3 Å². The van der Waals surface area contributed by atoms with E-state index in [0.29, 0.717) is 0 Å². The molecule has 0 amide bonds. The van der Waals surface area contributed by atoms with Crippen LogP contribution in [0, 0.1) is 6.92 Å². The van der Waals surface area contributed by atoms with E-state index in [-0.39, 0.29) is 11.6 Å². The lowest BCUT2D eigenvalue weighted by atomic mass is 10.1. The number of hydrogen-bond acceptors (Lipinski definition) is 4. The minimum absolute atomic E-state index is 0.0464. The van der Waals surface area contributed by atoms with Gasteiger partial charge < -0.3 is 0 Å². The number of hydrogen-bond donors (Lipinski definition) is 0. The van der Waals surface area contributed by atoms with E-state index < -0.39 is 0 Å². The third kappa shape index (κ3) is 2.25. The quantitative estimate of drug-likeness (QED) is 0.743. The summed E-state index contributed by atoms with van der Waals surface area (Å²) < 4.78 is 1.72. The van der Waals surface area contributed by atoms with Gasteiger partial charge in [-0.2, -0.15) is 0 Å². The Morgan fingerprint density at radius 2 is 2.30 bits per heavy atom. The van der Waals surface area contributed by atoms with Gasteiger partial charge in [0.2, 0.25) is 0 Å². The number of nitrogens with zero attached hydrogens (tertiary/aromatic N) is 3. The first-order valence-electron chi connectivity index (χ1n) is 6.50. The van der Waals surface area contributed by atoms with Crippen LogP contribution >= 0.6 is 11.3 Å². The number of aryl methyl sites for hydroxylation is 1. The van der Waals surface area contributed by atoms with E-state index in [1.807, 2.05) is 37.6 Å². The monoisotopic (exact) mass is 285 g/mol. The largest absolute Gasteiger partial charge is 0.295 e. The maximum Gasteiger partial charge on any atom is 0.262 e. The molecular weight excluding hydrogens is 270 g/mol. The highest BCUT2D eigenvalue weighted by Gasteiger charge is 2.13. The molecule has 102 valence electrons. The summed E-state index contributed by atoms with van der Waals surface area (Å²) >= 11 is 1.52. The number of thiophene rings is 1. The van der Waals surface area contributed by atoms with Crippen molar-refractivity contribution < 1.29 is 0 Å². The van der Waals surface area contributed by atoms with Gasteiger partial charge in [-0.25, -0.2) is 4.98 Å². The topological polar surface area (TPSA) is 47.8 Å². The van der Waals surface area contributed by atoms with E-state index in [1.54, 1.807) is 17.1 Å². The van der Waals surface area contributed by atoms with Crippen LogP contribution in [0.3, 0.4) is 0 Å². The molecule has 20 heavy (non-hydrogen) atoms. The van der Waals surface area contributed by atoms with Crippen LogP contribution in [0.15, 0.2) is 41.0 Å². The molecule has 0 saturated carbocycles. The molecule has 1 atom stereocenters. The fourth-order valence-corrected chi connectivity index (χ4v) is 3.23. The smallest absolute Gasteiger partial charge is 0.262 e. The summed E-state index contributed by atoms with van der Waals surface area (Å²) in [7, 11) is 0. The molecule has 3 rings (SSSR count). The van der Waals surface area contributed by atoms with Crippen molar-refractivity contribution in [3.63, 3.8) is 0 Å². The predicted molar refractivity (Wildman–Crippen MR) is 81.3 cm³/mol. The Bertz CT molecular complexity index is 792. The lowest BCUT2D eigenvalue weighted by molar-refractivity contribution is 0.523. The molecule has 3 aromatic rings. The summed E-state index contributed by atoms with van der Waals surface area (Å²) in [5.74, 6) is 0. The zero-order valence-electron chi connectivity index (χ0n) is 11.4. The molecule has 0 radical (unpaired) electrons.